The fourth-order valence-corrected chi connectivity index (χ4v) is 2.71. The molecule has 0 radical (unpaired) electrons. The van der Waals surface area contributed by atoms with Crippen LogP contribution in [0.1, 0.15) is 17.0 Å². The number of hydrogen-bond acceptors (Lipinski definition) is 5. The quantitative estimate of drug-likeness (QED) is 0.904. The molecule has 1 aromatic carbocycles. The molecule has 0 aliphatic carbocycles. The van der Waals surface area contributed by atoms with Gasteiger partial charge in [-0.2, -0.15) is 0 Å². The highest BCUT2D eigenvalue weighted by atomic mass is 16.5. The number of carbonyl (C=O) groups excluding carboxylic acids is 2. The first kappa shape index (κ1) is 15.9. The molecule has 1 aromatic heterocycles. The van der Waals surface area contributed by atoms with Crippen molar-refractivity contribution in [2.24, 2.45) is 0 Å². The lowest BCUT2D eigenvalue weighted by atomic mass is 10.2. The molecule has 1 aliphatic rings. The lowest BCUT2D eigenvalue weighted by molar-refractivity contribution is -0.117. The third-order valence-corrected chi connectivity index (χ3v) is 3.88. The second kappa shape index (κ2) is 6.66. The molecule has 1 saturated heterocycles. The van der Waals surface area contributed by atoms with Crippen molar-refractivity contribution < 1.29 is 23.5 Å². The summed E-state index contributed by atoms with van der Waals surface area (Å²) in [6, 6.07) is 8.23. The van der Waals surface area contributed by atoms with Crippen molar-refractivity contribution in [1.29, 1.82) is 0 Å². The molecule has 7 nitrogen and oxygen atoms in total. The first-order valence-corrected chi connectivity index (χ1v) is 7.49. The number of rotatable bonds is 5. The Labute approximate surface area is 139 Å². The maximum absolute atomic E-state index is 12.3. The summed E-state index contributed by atoms with van der Waals surface area (Å²) in [7, 11) is 3.10. The van der Waals surface area contributed by atoms with Gasteiger partial charge in [-0.25, -0.2) is 0 Å². The van der Waals surface area contributed by atoms with E-state index in [0.29, 0.717) is 23.7 Å². The minimum absolute atomic E-state index is 0.0630. The lowest BCUT2D eigenvalue weighted by Crippen LogP contribution is -2.37. The van der Waals surface area contributed by atoms with Gasteiger partial charge < -0.3 is 24.1 Å². The fourth-order valence-electron chi connectivity index (χ4n) is 2.71. The Bertz CT molecular complexity index is 741. The highest BCUT2D eigenvalue weighted by molar-refractivity contribution is 5.98. The Morgan fingerprint density at radius 1 is 1.25 bits per heavy atom. The number of methoxy groups -OCH3 is 2. The summed E-state index contributed by atoms with van der Waals surface area (Å²) in [5.41, 5.74) is 0.701. The van der Waals surface area contributed by atoms with Crippen LogP contribution in [0.15, 0.2) is 41.0 Å². The van der Waals surface area contributed by atoms with Crippen LogP contribution in [0, 0.1) is 0 Å². The smallest absolute Gasteiger partial charge is 0.287 e. The van der Waals surface area contributed by atoms with Crippen molar-refractivity contribution in [2.75, 3.05) is 25.7 Å². The van der Waals surface area contributed by atoms with Crippen molar-refractivity contribution >= 4 is 17.5 Å². The number of carbonyl (C=O) groups is 2. The maximum atomic E-state index is 12.3. The third-order valence-electron chi connectivity index (χ3n) is 3.88. The van der Waals surface area contributed by atoms with Gasteiger partial charge in [-0.1, -0.05) is 0 Å². The van der Waals surface area contributed by atoms with Gasteiger partial charge in [-0.3, -0.25) is 9.59 Å². The van der Waals surface area contributed by atoms with Gasteiger partial charge in [0, 0.05) is 24.7 Å². The number of hydrogen-bond donors (Lipinski definition) is 1. The zero-order valence-electron chi connectivity index (χ0n) is 13.4. The van der Waals surface area contributed by atoms with Crippen molar-refractivity contribution in [3.63, 3.8) is 0 Å². The van der Waals surface area contributed by atoms with E-state index in [-0.39, 0.29) is 30.0 Å². The van der Waals surface area contributed by atoms with Crippen LogP contribution in [-0.2, 0) is 4.79 Å². The van der Waals surface area contributed by atoms with Crippen LogP contribution in [0.25, 0.3) is 0 Å². The SMILES string of the molecule is COc1ccc(N2C[C@H](NC(=O)c3ccco3)CC2=O)cc1OC. The van der Waals surface area contributed by atoms with Gasteiger partial charge in [0.05, 0.1) is 26.5 Å². The molecule has 0 unspecified atom stereocenters. The second-order valence-corrected chi connectivity index (χ2v) is 5.40. The van der Waals surface area contributed by atoms with Crippen LogP contribution in [0.2, 0.25) is 0 Å². The summed E-state index contributed by atoms with van der Waals surface area (Å²) >= 11 is 0. The van der Waals surface area contributed by atoms with E-state index in [9.17, 15) is 9.59 Å². The van der Waals surface area contributed by atoms with Gasteiger partial charge in [0.25, 0.3) is 5.91 Å². The van der Waals surface area contributed by atoms with E-state index in [2.05, 4.69) is 5.32 Å². The van der Waals surface area contributed by atoms with Crippen LogP contribution < -0.4 is 19.7 Å². The van der Waals surface area contributed by atoms with Gasteiger partial charge in [-0.05, 0) is 24.3 Å². The van der Waals surface area contributed by atoms with E-state index in [4.69, 9.17) is 13.9 Å². The van der Waals surface area contributed by atoms with E-state index < -0.39 is 0 Å². The number of anilines is 1. The summed E-state index contributed by atoms with van der Waals surface area (Å²) in [5, 5.41) is 2.81. The molecule has 1 fully saturated rings. The molecule has 1 atom stereocenters. The van der Waals surface area contributed by atoms with E-state index in [1.807, 2.05) is 0 Å². The highest BCUT2D eigenvalue weighted by Crippen LogP contribution is 2.33. The van der Waals surface area contributed by atoms with Crippen molar-refractivity contribution in [1.82, 2.24) is 5.32 Å². The maximum Gasteiger partial charge on any atom is 0.287 e. The number of ether oxygens (including phenoxy) is 2. The van der Waals surface area contributed by atoms with Gasteiger partial charge >= 0.3 is 0 Å². The number of amides is 2. The van der Waals surface area contributed by atoms with Crippen LogP contribution >= 0.6 is 0 Å². The third kappa shape index (κ3) is 3.05. The first-order chi connectivity index (χ1) is 11.6. The molecule has 2 heterocycles. The number of benzene rings is 1. The van der Waals surface area contributed by atoms with E-state index in [1.165, 1.54) is 6.26 Å². The van der Waals surface area contributed by atoms with Gasteiger partial charge in [0.1, 0.15) is 0 Å². The number of furan rings is 1. The molecule has 0 bridgehead atoms. The van der Waals surface area contributed by atoms with Crippen LogP contribution in [0.4, 0.5) is 5.69 Å². The fraction of sp³-hybridized carbons (Fsp3) is 0.294. The summed E-state index contributed by atoms with van der Waals surface area (Å²) in [4.78, 5) is 25.9. The molecule has 2 aromatic rings. The normalized spacial score (nSPS) is 17.0. The minimum Gasteiger partial charge on any atom is -0.493 e. The molecule has 3 rings (SSSR count). The monoisotopic (exact) mass is 330 g/mol. The van der Waals surface area contributed by atoms with Crippen LogP contribution in [0.3, 0.4) is 0 Å². The summed E-state index contributed by atoms with van der Waals surface area (Å²) in [6.07, 6.45) is 1.67. The molecule has 24 heavy (non-hydrogen) atoms. The second-order valence-electron chi connectivity index (χ2n) is 5.40. The number of nitrogens with zero attached hydrogens (tertiary/aromatic N) is 1. The summed E-state index contributed by atoms with van der Waals surface area (Å²) < 4.78 is 15.5. The first-order valence-electron chi connectivity index (χ1n) is 7.49. The predicted octanol–water partition coefficient (Wildman–Crippen LogP) is 1.83. The molecule has 0 saturated carbocycles. The molecule has 126 valence electrons. The highest BCUT2D eigenvalue weighted by Gasteiger charge is 2.32. The average molecular weight is 330 g/mol. The van der Waals surface area contributed by atoms with Crippen LogP contribution in [-0.4, -0.2) is 38.6 Å². The molecule has 0 spiro atoms. The standard InChI is InChI=1S/C17H18N2O5/c1-22-13-6-5-12(9-15(13)23-2)19-10-11(8-16(19)20)18-17(21)14-4-3-7-24-14/h3-7,9,11H,8,10H2,1-2H3,(H,18,21)/t11-/m1/s1. The Morgan fingerprint density at radius 3 is 2.71 bits per heavy atom. The predicted molar refractivity (Wildman–Crippen MR) is 86.5 cm³/mol. The molecular formula is C17H18N2O5. The molecular weight excluding hydrogens is 312 g/mol. The summed E-state index contributed by atoms with van der Waals surface area (Å²) in [5.74, 6) is 0.979. The van der Waals surface area contributed by atoms with Crippen molar-refractivity contribution in [3.8, 4) is 11.5 Å². The largest absolute Gasteiger partial charge is 0.493 e. The molecule has 7 heteroatoms. The summed E-state index contributed by atoms with van der Waals surface area (Å²) in [6.45, 7) is 0.390. The lowest BCUT2D eigenvalue weighted by Gasteiger charge is -2.18. The molecule has 1 aliphatic heterocycles. The van der Waals surface area contributed by atoms with E-state index in [1.54, 1.807) is 49.5 Å². The number of nitrogens with one attached hydrogen (secondary N) is 1. The molecule has 1 N–H and O–H groups in total. The zero-order valence-corrected chi connectivity index (χ0v) is 13.4. The van der Waals surface area contributed by atoms with Crippen molar-refractivity contribution in [2.45, 2.75) is 12.5 Å². The van der Waals surface area contributed by atoms with Crippen LogP contribution in [0.5, 0.6) is 11.5 Å². The Morgan fingerprint density at radius 2 is 2.04 bits per heavy atom. The van der Waals surface area contributed by atoms with Crippen molar-refractivity contribution in [3.05, 3.63) is 42.4 Å². The Hall–Kier alpha value is -2.96. The van der Waals surface area contributed by atoms with E-state index in [0.717, 1.165) is 0 Å². The topological polar surface area (TPSA) is 81.0 Å². The van der Waals surface area contributed by atoms with E-state index >= 15 is 0 Å². The average Bonchev–Trinajstić information content (AvgIpc) is 3.24. The Kier molecular flexibility index (Phi) is 4.41. The zero-order chi connectivity index (χ0) is 17.1. The van der Waals surface area contributed by atoms with Gasteiger partial charge in [0.15, 0.2) is 17.3 Å². The Balaban J connectivity index is 1.72. The minimum atomic E-state index is -0.327. The molecule has 2 amide bonds. The van der Waals surface area contributed by atoms with Gasteiger partial charge in [-0.15, -0.1) is 0 Å². The van der Waals surface area contributed by atoms with Gasteiger partial charge in [0.2, 0.25) is 5.91 Å².